The predicted molar refractivity (Wildman–Crippen MR) is 62.0 cm³/mol. The molecule has 0 fully saturated rings. The molecule has 0 aliphatic heterocycles. The second-order valence-electron chi connectivity index (χ2n) is 4.80. The summed E-state index contributed by atoms with van der Waals surface area (Å²) in [4.78, 5) is 21.1. The molecule has 0 unspecified atom stereocenters. The predicted octanol–water partition coefficient (Wildman–Crippen LogP) is 2.65. The van der Waals surface area contributed by atoms with Crippen molar-refractivity contribution >= 4 is 12.3 Å². The summed E-state index contributed by atoms with van der Waals surface area (Å²) in [5.41, 5.74) is 1.30. The van der Waals surface area contributed by atoms with E-state index < -0.39 is 0 Å². The Morgan fingerprint density at radius 1 is 1.62 bits per heavy atom. The van der Waals surface area contributed by atoms with Crippen molar-refractivity contribution in [1.82, 2.24) is 0 Å². The molecule has 0 aromatic carbocycles. The van der Waals surface area contributed by atoms with E-state index in [9.17, 15) is 9.59 Å². The first-order valence-corrected chi connectivity index (χ1v) is 5.83. The third kappa shape index (κ3) is 4.17. The van der Waals surface area contributed by atoms with Crippen LogP contribution >= 0.6 is 0 Å². The summed E-state index contributed by atoms with van der Waals surface area (Å²) in [6.07, 6.45) is 7.90. The molecule has 0 spiro atoms. The molecule has 0 aromatic rings. The van der Waals surface area contributed by atoms with Gasteiger partial charge in [0.15, 0.2) is 0 Å². The molecule has 1 aliphatic rings. The highest BCUT2D eigenvalue weighted by molar-refractivity contribution is 5.66. The van der Waals surface area contributed by atoms with Gasteiger partial charge in [0.25, 0.3) is 0 Å². The SMILES string of the molecule is CC(=O)OCC1=C[C@@](C)(CCC=O)CCC1. The Bertz CT molecular complexity index is 294. The Morgan fingerprint density at radius 2 is 2.38 bits per heavy atom. The fraction of sp³-hybridized carbons (Fsp3) is 0.692. The van der Waals surface area contributed by atoms with E-state index in [4.69, 9.17) is 4.74 Å². The van der Waals surface area contributed by atoms with E-state index in [1.165, 1.54) is 12.5 Å². The van der Waals surface area contributed by atoms with Gasteiger partial charge in [0.1, 0.15) is 12.9 Å². The van der Waals surface area contributed by atoms with Crippen molar-refractivity contribution < 1.29 is 14.3 Å². The summed E-state index contributed by atoms with van der Waals surface area (Å²) >= 11 is 0. The number of allylic oxidation sites excluding steroid dienone is 1. The number of ether oxygens (including phenoxy) is 1. The van der Waals surface area contributed by atoms with Crippen LogP contribution in [0.25, 0.3) is 0 Å². The van der Waals surface area contributed by atoms with Crippen molar-refractivity contribution in [3.05, 3.63) is 11.6 Å². The fourth-order valence-corrected chi connectivity index (χ4v) is 2.25. The van der Waals surface area contributed by atoms with Crippen molar-refractivity contribution in [3.8, 4) is 0 Å². The topological polar surface area (TPSA) is 43.4 Å². The molecular weight excluding hydrogens is 204 g/mol. The fourth-order valence-electron chi connectivity index (χ4n) is 2.25. The molecule has 90 valence electrons. The normalized spacial score (nSPS) is 24.8. The average molecular weight is 224 g/mol. The van der Waals surface area contributed by atoms with Crippen LogP contribution in [0.5, 0.6) is 0 Å². The van der Waals surface area contributed by atoms with Gasteiger partial charge in [-0.15, -0.1) is 0 Å². The van der Waals surface area contributed by atoms with E-state index in [1.807, 2.05) is 0 Å². The maximum absolute atomic E-state index is 10.7. The molecule has 16 heavy (non-hydrogen) atoms. The van der Waals surface area contributed by atoms with Crippen LogP contribution in [0.3, 0.4) is 0 Å². The molecule has 0 aromatic heterocycles. The Labute approximate surface area is 96.9 Å². The van der Waals surface area contributed by atoms with Crippen molar-refractivity contribution in [2.75, 3.05) is 6.61 Å². The lowest BCUT2D eigenvalue weighted by atomic mass is 9.75. The zero-order valence-electron chi connectivity index (χ0n) is 10.1. The smallest absolute Gasteiger partial charge is 0.302 e. The molecular formula is C13H20O3. The first-order chi connectivity index (χ1) is 7.56. The molecule has 0 N–H and O–H groups in total. The van der Waals surface area contributed by atoms with E-state index in [1.54, 1.807) is 0 Å². The molecule has 1 rings (SSSR count). The van der Waals surface area contributed by atoms with Gasteiger partial charge >= 0.3 is 5.97 Å². The van der Waals surface area contributed by atoms with Crippen LogP contribution in [0.15, 0.2) is 11.6 Å². The van der Waals surface area contributed by atoms with E-state index in [-0.39, 0.29) is 11.4 Å². The second kappa shape index (κ2) is 5.83. The standard InChI is InChI=1S/C13H20O3/c1-11(15)16-10-12-5-3-6-13(2,9-12)7-4-8-14/h8-9H,3-7,10H2,1-2H3/t13-/m1/s1. The number of carbonyl (C=O) groups is 2. The minimum atomic E-state index is -0.235. The largest absolute Gasteiger partial charge is 0.461 e. The van der Waals surface area contributed by atoms with Crippen molar-refractivity contribution in [2.45, 2.75) is 46.0 Å². The average Bonchev–Trinajstić information content (AvgIpc) is 2.24. The van der Waals surface area contributed by atoms with Gasteiger partial charge in [-0.2, -0.15) is 0 Å². The second-order valence-corrected chi connectivity index (χ2v) is 4.80. The van der Waals surface area contributed by atoms with Crippen LogP contribution in [-0.4, -0.2) is 18.9 Å². The molecule has 0 amide bonds. The maximum atomic E-state index is 10.7. The van der Waals surface area contributed by atoms with Crippen molar-refractivity contribution in [2.24, 2.45) is 5.41 Å². The number of carbonyl (C=O) groups excluding carboxylic acids is 2. The highest BCUT2D eigenvalue weighted by atomic mass is 16.5. The van der Waals surface area contributed by atoms with E-state index in [0.717, 1.165) is 32.0 Å². The number of esters is 1. The lowest BCUT2D eigenvalue weighted by Gasteiger charge is -2.31. The Balaban J connectivity index is 2.56. The summed E-state index contributed by atoms with van der Waals surface area (Å²) in [5, 5.41) is 0. The Kier molecular flexibility index (Phi) is 4.71. The summed E-state index contributed by atoms with van der Waals surface area (Å²) in [5.74, 6) is -0.235. The van der Waals surface area contributed by atoms with E-state index in [0.29, 0.717) is 13.0 Å². The number of aldehydes is 1. The minimum Gasteiger partial charge on any atom is -0.461 e. The van der Waals surface area contributed by atoms with Gasteiger partial charge < -0.3 is 9.53 Å². The highest BCUT2D eigenvalue weighted by Crippen LogP contribution is 2.37. The van der Waals surface area contributed by atoms with Gasteiger partial charge in [-0.05, 0) is 36.7 Å². The quantitative estimate of drug-likeness (QED) is 0.409. The molecule has 1 aliphatic carbocycles. The van der Waals surface area contributed by atoms with Crippen molar-refractivity contribution in [1.29, 1.82) is 0 Å². The molecule has 0 saturated carbocycles. The molecule has 0 radical (unpaired) electrons. The van der Waals surface area contributed by atoms with Crippen LogP contribution in [0.1, 0.15) is 46.0 Å². The summed E-state index contributed by atoms with van der Waals surface area (Å²) in [7, 11) is 0. The lowest BCUT2D eigenvalue weighted by Crippen LogP contribution is -2.20. The number of hydrogen-bond acceptors (Lipinski definition) is 3. The minimum absolute atomic E-state index is 0.106. The molecule has 1 atom stereocenters. The van der Waals surface area contributed by atoms with Crippen molar-refractivity contribution in [3.63, 3.8) is 0 Å². The summed E-state index contributed by atoms with van der Waals surface area (Å²) in [6, 6.07) is 0. The van der Waals surface area contributed by atoms with Crippen LogP contribution in [0.2, 0.25) is 0 Å². The molecule has 3 nitrogen and oxygen atoms in total. The Hall–Kier alpha value is -1.12. The first kappa shape index (κ1) is 12.9. The molecule has 3 heteroatoms. The van der Waals surface area contributed by atoms with Crippen LogP contribution in [0.4, 0.5) is 0 Å². The Morgan fingerprint density at radius 3 is 3.00 bits per heavy atom. The molecule has 0 bridgehead atoms. The van der Waals surface area contributed by atoms with E-state index in [2.05, 4.69) is 13.0 Å². The number of hydrogen-bond donors (Lipinski definition) is 0. The van der Waals surface area contributed by atoms with E-state index >= 15 is 0 Å². The van der Waals surface area contributed by atoms with Gasteiger partial charge in [-0.3, -0.25) is 4.79 Å². The van der Waals surface area contributed by atoms with Crippen LogP contribution < -0.4 is 0 Å². The zero-order chi connectivity index (χ0) is 12.0. The monoisotopic (exact) mass is 224 g/mol. The first-order valence-electron chi connectivity index (χ1n) is 5.83. The van der Waals surface area contributed by atoms with Crippen LogP contribution in [-0.2, 0) is 14.3 Å². The van der Waals surface area contributed by atoms with Gasteiger partial charge in [0, 0.05) is 13.3 Å². The van der Waals surface area contributed by atoms with Gasteiger partial charge in [0.2, 0.25) is 0 Å². The number of rotatable bonds is 5. The molecule has 0 heterocycles. The van der Waals surface area contributed by atoms with Gasteiger partial charge in [-0.1, -0.05) is 13.0 Å². The lowest BCUT2D eigenvalue weighted by molar-refractivity contribution is -0.140. The maximum Gasteiger partial charge on any atom is 0.302 e. The van der Waals surface area contributed by atoms with Crippen LogP contribution in [0, 0.1) is 5.41 Å². The van der Waals surface area contributed by atoms with Gasteiger partial charge in [0.05, 0.1) is 0 Å². The third-order valence-corrected chi connectivity index (χ3v) is 3.09. The highest BCUT2D eigenvalue weighted by Gasteiger charge is 2.25. The zero-order valence-corrected chi connectivity index (χ0v) is 10.1. The summed E-state index contributed by atoms with van der Waals surface area (Å²) < 4.78 is 5.00. The van der Waals surface area contributed by atoms with Gasteiger partial charge in [-0.25, -0.2) is 0 Å². The summed E-state index contributed by atoms with van der Waals surface area (Å²) in [6.45, 7) is 4.00. The molecule has 0 saturated heterocycles. The third-order valence-electron chi connectivity index (χ3n) is 3.09.